The van der Waals surface area contributed by atoms with E-state index in [9.17, 15) is 9.90 Å². The highest BCUT2D eigenvalue weighted by molar-refractivity contribution is 8.14. The standard InChI is InChI=1S/C19H23N3O3S/c1-22(17-4-2-3-9-20-17)10-11-25-15-7-5-14(6-8-15)12-16-13-18(23)21-19(24)26-16/h2-9,16,18,23H,10-13H2,1H3,(H,21,24). The Bertz CT molecular complexity index is 712. The summed E-state index contributed by atoms with van der Waals surface area (Å²) in [5.41, 5.74) is 1.13. The highest BCUT2D eigenvalue weighted by Crippen LogP contribution is 2.26. The normalized spacial score (nSPS) is 19.7. The van der Waals surface area contributed by atoms with Gasteiger partial charge in [0, 0.05) is 24.9 Å². The molecule has 26 heavy (non-hydrogen) atoms. The van der Waals surface area contributed by atoms with Crippen molar-refractivity contribution in [2.75, 3.05) is 25.1 Å². The number of nitrogens with one attached hydrogen (secondary N) is 1. The Morgan fingerprint density at radius 3 is 2.81 bits per heavy atom. The van der Waals surface area contributed by atoms with Crippen LogP contribution in [0.25, 0.3) is 0 Å². The number of carbonyl (C=O) groups is 1. The predicted molar refractivity (Wildman–Crippen MR) is 104 cm³/mol. The van der Waals surface area contributed by atoms with Gasteiger partial charge in [-0.05, 0) is 36.2 Å². The molecule has 1 amide bonds. The Kier molecular flexibility index (Phi) is 6.35. The molecule has 1 aliphatic heterocycles. The molecule has 2 heterocycles. The third-order valence-corrected chi connectivity index (χ3v) is 5.19. The highest BCUT2D eigenvalue weighted by atomic mass is 32.2. The number of pyridine rings is 1. The molecule has 2 N–H and O–H groups in total. The lowest BCUT2D eigenvalue weighted by Gasteiger charge is -2.25. The van der Waals surface area contributed by atoms with Gasteiger partial charge in [0.1, 0.15) is 24.4 Å². The maximum atomic E-state index is 11.5. The number of aromatic nitrogens is 1. The number of ether oxygens (including phenoxy) is 1. The lowest BCUT2D eigenvalue weighted by atomic mass is 10.1. The van der Waals surface area contributed by atoms with Crippen LogP contribution in [0.15, 0.2) is 48.7 Å². The van der Waals surface area contributed by atoms with E-state index in [1.807, 2.05) is 54.4 Å². The summed E-state index contributed by atoms with van der Waals surface area (Å²) >= 11 is 1.25. The van der Waals surface area contributed by atoms with E-state index in [2.05, 4.69) is 10.3 Å². The van der Waals surface area contributed by atoms with Crippen molar-refractivity contribution in [1.29, 1.82) is 0 Å². The van der Waals surface area contributed by atoms with Gasteiger partial charge in [-0.15, -0.1) is 0 Å². The van der Waals surface area contributed by atoms with Gasteiger partial charge in [0.15, 0.2) is 0 Å². The number of likely N-dealkylation sites (N-methyl/N-ethyl adjacent to an activating group) is 1. The van der Waals surface area contributed by atoms with Crippen molar-refractivity contribution in [1.82, 2.24) is 10.3 Å². The Morgan fingerprint density at radius 2 is 2.12 bits per heavy atom. The van der Waals surface area contributed by atoms with E-state index in [-0.39, 0.29) is 10.5 Å². The number of thioether (sulfide) groups is 1. The smallest absolute Gasteiger partial charge is 0.281 e. The second-order valence-corrected chi connectivity index (χ2v) is 7.50. The van der Waals surface area contributed by atoms with E-state index >= 15 is 0 Å². The first kappa shape index (κ1) is 18.5. The van der Waals surface area contributed by atoms with Gasteiger partial charge in [0.05, 0.1) is 6.54 Å². The quantitative estimate of drug-likeness (QED) is 0.777. The molecule has 6 nitrogen and oxygen atoms in total. The number of anilines is 1. The molecule has 0 radical (unpaired) electrons. The fourth-order valence-electron chi connectivity index (χ4n) is 2.78. The molecule has 1 aliphatic rings. The van der Waals surface area contributed by atoms with Crippen molar-refractivity contribution in [2.24, 2.45) is 0 Å². The molecule has 0 aliphatic carbocycles. The minimum absolute atomic E-state index is 0.0949. The first-order valence-corrected chi connectivity index (χ1v) is 9.47. The third-order valence-electron chi connectivity index (χ3n) is 4.17. The number of hydrogen-bond donors (Lipinski definition) is 2. The van der Waals surface area contributed by atoms with E-state index in [0.717, 1.165) is 30.1 Å². The zero-order valence-electron chi connectivity index (χ0n) is 14.7. The van der Waals surface area contributed by atoms with Gasteiger partial charge in [-0.1, -0.05) is 30.0 Å². The van der Waals surface area contributed by atoms with Crippen LogP contribution in [0, 0.1) is 0 Å². The number of nitrogens with zero attached hydrogens (tertiary/aromatic N) is 2. The van der Waals surface area contributed by atoms with Gasteiger partial charge in [0.25, 0.3) is 5.24 Å². The Balaban J connectivity index is 1.45. The van der Waals surface area contributed by atoms with E-state index in [0.29, 0.717) is 13.0 Å². The van der Waals surface area contributed by atoms with Crippen LogP contribution >= 0.6 is 11.8 Å². The number of carbonyl (C=O) groups excluding carboxylic acids is 1. The lowest BCUT2D eigenvalue weighted by Crippen LogP contribution is -2.40. The Morgan fingerprint density at radius 1 is 1.31 bits per heavy atom. The van der Waals surface area contributed by atoms with Crippen molar-refractivity contribution < 1.29 is 14.6 Å². The molecular weight excluding hydrogens is 350 g/mol. The summed E-state index contributed by atoms with van der Waals surface area (Å²) in [5, 5.41) is 12.1. The molecule has 1 aromatic heterocycles. The third kappa shape index (κ3) is 5.37. The van der Waals surface area contributed by atoms with Crippen LogP contribution in [0.4, 0.5) is 10.6 Å². The molecular formula is C19H23N3O3S. The SMILES string of the molecule is CN(CCOc1ccc(CC2CC(O)NC(=O)S2)cc1)c1ccccn1. The van der Waals surface area contributed by atoms with Crippen LogP contribution in [0.3, 0.4) is 0 Å². The summed E-state index contributed by atoms with van der Waals surface area (Å²) in [6.45, 7) is 1.31. The van der Waals surface area contributed by atoms with E-state index in [4.69, 9.17) is 4.74 Å². The molecule has 0 bridgehead atoms. The average molecular weight is 373 g/mol. The second-order valence-electron chi connectivity index (χ2n) is 6.23. The first-order chi connectivity index (χ1) is 12.6. The number of aliphatic hydroxyl groups excluding tert-OH is 1. The van der Waals surface area contributed by atoms with Gasteiger partial charge in [-0.25, -0.2) is 4.98 Å². The van der Waals surface area contributed by atoms with E-state index in [1.165, 1.54) is 11.8 Å². The molecule has 2 atom stereocenters. The maximum Gasteiger partial charge on any atom is 0.281 e. The maximum absolute atomic E-state index is 11.5. The minimum atomic E-state index is -0.743. The predicted octanol–water partition coefficient (Wildman–Crippen LogP) is 2.67. The zero-order chi connectivity index (χ0) is 18.4. The van der Waals surface area contributed by atoms with E-state index in [1.54, 1.807) is 6.20 Å². The fourth-order valence-corrected chi connectivity index (χ4v) is 3.84. The molecule has 2 unspecified atom stereocenters. The largest absolute Gasteiger partial charge is 0.492 e. The molecule has 1 fully saturated rings. The van der Waals surface area contributed by atoms with Gasteiger partial charge in [-0.2, -0.15) is 0 Å². The summed E-state index contributed by atoms with van der Waals surface area (Å²) in [5.74, 6) is 1.74. The summed E-state index contributed by atoms with van der Waals surface area (Å²) in [6.07, 6.45) is 2.35. The van der Waals surface area contributed by atoms with Crippen LogP contribution < -0.4 is 15.0 Å². The summed E-state index contributed by atoms with van der Waals surface area (Å²) in [7, 11) is 1.99. The molecule has 3 rings (SSSR count). The number of aliphatic hydroxyl groups is 1. The molecule has 7 heteroatoms. The zero-order valence-corrected chi connectivity index (χ0v) is 15.5. The number of rotatable bonds is 7. The summed E-state index contributed by atoms with van der Waals surface area (Å²) in [4.78, 5) is 17.8. The molecule has 138 valence electrons. The Labute approximate surface area is 157 Å². The summed E-state index contributed by atoms with van der Waals surface area (Å²) < 4.78 is 5.80. The fraction of sp³-hybridized carbons (Fsp3) is 0.368. The van der Waals surface area contributed by atoms with Crippen LogP contribution in [0.2, 0.25) is 0 Å². The summed E-state index contributed by atoms with van der Waals surface area (Å²) in [6, 6.07) is 13.7. The topological polar surface area (TPSA) is 74.7 Å². The number of hydrogen-bond acceptors (Lipinski definition) is 6. The van der Waals surface area contributed by atoms with Gasteiger partial charge < -0.3 is 20.1 Å². The van der Waals surface area contributed by atoms with Crippen molar-refractivity contribution in [3.8, 4) is 5.75 Å². The van der Waals surface area contributed by atoms with E-state index < -0.39 is 6.23 Å². The highest BCUT2D eigenvalue weighted by Gasteiger charge is 2.25. The van der Waals surface area contributed by atoms with Crippen LogP contribution in [-0.4, -0.2) is 47.0 Å². The second kappa shape index (κ2) is 8.91. The molecule has 0 spiro atoms. The minimum Gasteiger partial charge on any atom is -0.492 e. The van der Waals surface area contributed by atoms with Crippen LogP contribution in [-0.2, 0) is 6.42 Å². The molecule has 1 saturated heterocycles. The van der Waals surface area contributed by atoms with Crippen LogP contribution in [0.5, 0.6) is 5.75 Å². The first-order valence-electron chi connectivity index (χ1n) is 8.59. The van der Waals surface area contributed by atoms with Gasteiger partial charge in [0.2, 0.25) is 0 Å². The van der Waals surface area contributed by atoms with Crippen molar-refractivity contribution in [3.63, 3.8) is 0 Å². The van der Waals surface area contributed by atoms with Crippen molar-refractivity contribution in [3.05, 3.63) is 54.2 Å². The molecule has 0 saturated carbocycles. The van der Waals surface area contributed by atoms with Crippen molar-refractivity contribution >= 4 is 22.8 Å². The van der Waals surface area contributed by atoms with Gasteiger partial charge in [-0.3, -0.25) is 4.79 Å². The lowest BCUT2D eigenvalue weighted by molar-refractivity contribution is 0.135. The average Bonchev–Trinajstić information content (AvgIpc) is 2.63. The number of amides is 1. The van der Waals surface area contributed by atoms with Crippen molar-refractivity contribution in [2.45, 2.75) is 24.3 Å². The molecule has 2 aromatic rings. The Hall–Kier alpha value is -2.25. The monoisotopic (exact) mass is 373 g/mol. The molecule has 1 aromatic carbocycles. The van der Waals surface area contributed by atoms with Gasteiger partial charge >= 0.3 is 0 Å². The van der Waals surface area contributed by atoms with Crippen LogP contribution in [0.1, 0.15) is 12.0 Å². The number of benzene rings is 1.